The normalized spacial score (nSPS) is 10.8. The molecule has 0 fully saturated rings. The summed E-state index contributed by atoms with van der Waals surface area (Å²) in [6.45, 7) is 4.29. The lowest BCUT2D eigenvalue weighted by Gasteiger charge is -2.09. The van der Waals surface area contributed by atoms with Crippen LogP contribution in [0.25, 0.3) is 10.2 Å². The van der Waals surface area contributed by atoms with Crippen LogP contribution in [0.5, 0.6) is 0 Å². The summed E-state index contributed by atoms with van der Waals surface area (Å²) in [5, 5.41) is 3.20. The van der Waals surface area contributed by atoms with Crippen LogP contribution in [0.4, 0.5) is 5.69 Å². The van der Waals surface area contributed by atoms with Crippen molar-refractivity contribution in [2.75, 3.05) is 12.4 Å². The summed E-state index contributed by atoms with van der Waals surface area (Å²) in [5.41, 5.74) is 1.05. The number of aryl methyl sites for hydroxylation is 2. The fourth-order valence-electron chi connectivity index (χ4n) is 2.84. The third-order valence-corrected chi connectivity index (χ3v) is 5.37. The molecule has 0 unspecified atom stereocenters. The van der Waals surface area contributed by atoms with E-state index in [-0.39, 0.29) is 11.1 Å². The van der Waals surface area contributed by atoms with E-state index in [1.807, 2.05) is 6.92 Å². The van der Waals surface area contributed by atoms with Gasteiger partial charge in [0.15, 0.2) is 0 Å². The second kappa shape index (κ2) is 7.71. The monoisotopic (exact) mass is 385 g/mol. The molecule has 27 heavy (non-hydrogen) atoms. The highest BCUT2D eigenvalue weighted by atomic mass is 32.1. The topological polar surface area (TPSA) is 90.3 Å². The molecule has 0 aliphatic rings. The molecule has 1 amide bonds. The number of para-hydroxylation sites is 1. The number of aromatic nitrogens is 2. The van der Waals surface area contributed by atoms with Crippen LogP contribution in [-0.2, 0) is 11.3 Å². The maximum atomic E-state index is 12.8. The summed E-state index contributed by atoms with van der Waals surface area (Å²) in [5.74, 6) is -0.934. The van der Waals surface area contributed by atoms with E-state index in [1.54, 1.807) is 35.8 Å². The lowest BCUT2D eigenvalue weighted by Crippen LogP contribution is -2.20. The highest BCUT2D eigenvalue weighted by Crippen LogP contribution is 2.28. The second-order valence-electron chi connectivity index (χ2n) is 5.97. The second-order valence-corrected chi connectivity index (χ2v) is 6.97. The summed E-state index contributed by atoms with van der Waals surface area (Å²) in [4.78, 5) is 42.6. The van der Waals surface area contributed by atoms with E-state index in [9.17, 15) is 14.4 Å². The number of benzene rings is 1. The zero-order valence-corrected chi connectivity index (χ0v) is 16.1. The van der Waals surface area contributed by atoms with Gasteiger partial charge in [0.05, 0.1) is 35.0 Å². The number of anilines is 1. The zero-order valence-electron chi connectivity index (χ0n) is 15.2. The predicted octanol–water partition coefficient (Wildman–Crippen LogP) is 3.22. The van der Waals surface area contributed by atoms with E-state index >= 15 is 0 Å². The van der Waals surface area contributed by atoms with Crippen LogP contribution >= 0.6 is 11.3 Å². The Kier molecular flexibility index (Phi) is 5.36. The van der Waals surface area contributed by atoms with Gasteiger partial charge in [0, 0.05) is 6.54 Å². The Labute approximate surface area is 159 Å². The number of nitrogens with zero attached hydrogens (tertiary/aromatic N) is 2. The van der Waals surface area contributed by atoms with E-state index in [0.717, 1.165) is 17.8 Å². The largest absolute Gasteiger partial charge is 0.465 e. The van der Waals surface area contributed by atoms with Gasteiger partial charge in [0.25, 0.3) is 11.5 Å². The Bertz CT molecular complexity index is 1080. The Morgan fingerprint density at radius 2 is 2.04 bits per heavy atom. The van der Waals surface area contributed by atoms with Crippen LogP contribution in [-0.4, -0.2) is 28.5 Å². The molecule has 0 aliphatic heterocycles. The number of hydrogen-bond acceptors (Lipinski definition) is 6. The van der Waals surface area contributed by atoms with E-state index in [0.29, 0.717) is 32.9 Å². The molecule has 1 N–H and O–H groups in total. The average Bonchev–Trinajstić information content (AvgIpc) is 3.01. The minimum Gasteiger partial charge on any atom is -0.465 e. The number of thiophene rings is 1. The van der Waals surface area contributed by atoms with Crippen molar-refractivity contribution in [1.82, 2.24) is 9.55 Å². The van der Waals surface area contributed by atoms with Gasteiger partial charge in [-0.2, -0.15) is 0 Å². The fourth-order valence-corrected chi connectivity index (χ4v) is 3.87. The standard InChI is InChI=1S/C19H19N3O4S/c1-4-9-22-10-20-17-14(18(22)24)11(2)15(27-17)16(23)21-13-8-6-5-7-12(13)19(25)26-3/h5-8,10H,4,9H2,1-3H3,(H,21,23). The number of fused-ring (bicyclic) bond motifs is 1. The van der Waals surface area contributed by atoms with Crippen LogP contribution < -0.4 is 10.9 Å². The minimum absolute atomic E-state index is 0.149. The molecule has 8 heteroatoms. The molecule has 3 rings (SSSR count). The molecule has 0 saturated heterocycles. The summed E-state index contributed by atoms with van der Waals surface area (Å²) < 4.78 is 6.30. The van der Waals surface area contributed by atoms with Gasteiger partial charge in [-0.05, 0) is 31.0 Å². The number of hydrogen-bond donors (Lipinski definition) is 1. The number of rotatable bonds is 5. The molecule has 0 aliphatic carbocycles. The van der Waals surface area contributed by atoms with Crippen LogP contribution in [0.15, 0.2) is 35.4 Å². The molecule has 0 atom stereocenters. The van der Waals surface area contributed by atoms with Gasteiger partial charge < -0.3 is 10.1 Å². The predicted molar refractivity (Wildman–Crippen MR) is 105 cm³/mol. The molecule has 7 nitrogen and oxygen atoms in total. The number of carbonyl (C=O) groups is 2. The molecule has 0 saturated carbocycles. The number of carbonyl (C=O) groups excluding carboxylic acids is 2. The van der Waals surface area contributed by atoms with E-state index in [2.05, 4.69) is 10.3 Å². The van der Waals surface area contributed by atoms with Crippen LogP contribution in [0.2, 0.25) is 0 Å². The highest BCUT2D eigenvalue weighted by Gasteiger charge is 2.21. The van der Waals surface area contributed by atoms with Crippen molar-refractivity contribution < 1.29 is 14.3 Å². The lowest BCUT2D eigenvalue weighted by molar-refractivity contribution is 0.0602. The van der Waals surface area contributed by atoms with Gasteiger partial charge in [-0.3, -0.25) is 14.2 Å². The quantitative estimate of drug-likeness (QED) is 0.681. The first-order valence-corrected chi connectivity index (χ1v) is 9.26. The first-order chi connectivity index (χ1) is 13.0. The third-order valence-electron chi connectivity index (χ3n) is 4.17. The van der Waals surface area contributed by atoms with Gasteiger partial charge in [-0.1, -0.05) is 19.1 Å². The number of esters is 1. The molecule has 1 aromatic carbocycles. The number of methoxy groups -OCH3 is 1. The molecular formula is C19H19N3O4S. The van der Waals surface area contributed by atoms with E-state index in [1.165, 1.54) is 13.4 Å². The van der Waals surface area contributed by atoms with Gasteiger partial charge >= 0.3 is 5.97 Å². The molecule has 0 spiro atoms. The van der Waals surface area contributed by atoms with E-state index < -0.39 is 11.9 Å². The molecule has 0 bridgehead atoms. The van der Waals surface area contributed by atoms with Gasteiger partial charge in [0.2, 0.25) is 0 Å². The Morgan fingerprint density at radius 1 is 1.30 bits per heavy atom. The first-order valence-electron chi connectivity index (χ1n) is 8.45. The minimum atomic E-state index is -0.539. The zero-order chi connectivity index (χ0) is 19.6. The molecule has 2 heterocycles. The Balaban J connectivity index is 2.00. The SMILES string of the molecule is CCCn1cnc2sc(C(=O)Nc3ccccc3C(=O)OC)c(C)c2c1=O. The van der Waals surface area contributed by atoms with Crippen molar-refractivity contribution in [3.8, 4) is 0 Å². The van der Waals surface area contributed by atoms with Crippen LogP contribution in [0, 0.1) is 6.92 Å². The molecule has 3 aromatic rings. The summed E-state index contributed by atoms with van der Waals surface area (Å²) >= 11 is 1.16. The van der Waals surface area contributed by atoms with Gasteiger partial charge in [-0.15, -0.1) is 11.3 Å². The summed E-state index contributed by atoms with van der Waals surface area (Å²) in [6, 6.07) is 6.60. The van der Waals surface area contributed by atoms with Crippen molar-refractivity contribution in [2.45, 2.75) is 26.8 Å². The van der Waals surface area contributed by atoms with Gasteiger partial charge in [-0.25, -0.2) is 9.78 Å². The van der Waals surface area contributed by atoms with Crippen molar-refractivity contribution in [2.24, 2.45) is 0 Å². The Morgan fingerprint density at radius 3 is 2.74 bits per heavy atom. The Hall–Kier alpha value is -3.00. The van der Waals surface area contributed by atoms with Crippen molar-refractivity contribution in [1.29, 1.82) is 0 Å². The van der Waals surface area contributed by atoms with Crippen molar-refractivity contribution in [3.05, 3.63) is 57.0 Å². The maximum absolute atomic E-state index is 12.8. The first kappa shape index (κ1) is 18.8. The highest BCUT2D eigenvalue weighted by molar-refractivity contribution is 7.20. The molecular weight excluding hydrogens is 366 g/mol. The maximum Gasteiger partial charge on any atom is 0.339 e. The number of nitrogens with one attached hydrogen (secondary N) is 1. The molecule has 2 aromatic heterocycles. The molecule has 140 valence electrons. The fraction of sp³-hybridized carbons (Fsp3) is 0.263. The average molecular weight is 385 g/mol. The summed E-state index contributed by atoms with van der Waals surface area (Å²) in [6.07, 6.45) is 2.33. The van der Waals surface area contributed by atoms with Crippen molar-refractivity contribution >= 4 is 39.1 Å². The van der Waals surface area contributed by atoms with E-state index in [4.69, 9.17) is 4.74 Å². The van der Waals surface area contributed by atoms with Gasteiger partial charge in [0.1, 0.15) is 4.83 Å². The van der Waals surface area contributed by atoms with Crippen molar-refractivity contribution in [3.63, 3.8) is 0 Å². The van der Waals surface area contributed by atoms with Crippen LogP contribution in [0.3, 0.4) is 0 Å². The lowest BCUT2D eigenvalue weighted by atomic mass is 10.1. The summed E-state index contributed by atoms with van der Waals surface area (Å²) in [7, 11) is 1.28. The van der Waals surface area contributed by atoms with Crippen LogP contribution in [0.1, 0.15) is 38.9 Å². The third kappa shape index (κ3) is 3.48. The number of amides is 1. The number of ether oxygens (including phenoxy) is 1. The molecule has 0 radical (unpaired) electrons. The smallest absolute Gasteiger partial charge is 0.339 e.